The molecule has 104 valence electrons. The van der Waals surface area contributed by atoms with E-state index in [-0.39, 0.29) is 0 Å². The van der Waals surface area contributed by atoms with Crippen molar-refractivity contribution < 1.29 is 4.52 Å². The lowest BCUT2D eigenvalue weighted by molar-refractivity contribution is 0.393. The third-order valence-corrected chi connectivity index (χ3v) is 3.81. The van der Waals surface area contributed by atoms with Crippen LogP contribution in [0.2, 0.25) is 0 Å². The fourth-order valence-corrected chi connectivity index (χ4v) is 2.91. The summed E-state index contributed by atoms with van der Waals surface area (Å²) in [6.45, 7) is 6.73. The Bertz CT molecular complexity index is 755. The van der Waals surface area contributed by atoms with Gasteiger partial charge >= 0.3 is 0 Å². The van der Waals surface area contributed by atoms with Gasteiger partial charge in [-0.25, -0.2) is 4.98 Å². The molecule has 0 aliphatic carbocycles. The minimum Gasteiger partial charge on any atom is -0.361 e. The summed E-state index contributed by atoms with van der Waals surface area (Å²) in [7, 11) is 0. The number of nitrogens with zero attached hydrogens (tertiary/aromatic N) is 2. The fraction of sp³-hybridized carbons (Fsp3) is 0.286. The first-order valence-electron chi connectivity index (χ1n) is 6.46. The molecule has 0 bridgehead atoms. The van der Waals surface area contributed by atoms with E-state index in [0.717, 1.165) is 50.6 Å². The number of imidazole rings is 1. The molecule has 0 saturated carbocycles. The van der Waals surface area contributed by atoms with Crippen LogP contribution in [0.4, 0.5) is 5.95 Å². The quantitative estimate of drug-likeness (QED) is 0.758. The Balaban J connectivity index is 2.19. The summed E-state index contributed by atoms with van der Waals surface area (Å²) in [5, 5.41) is 7.19. The Morgan fingerprint density at radius 2 is 2.15 bits per heavy atom. The number of rotatable bonds is 3. The lowest BCUT2D eigenvalue weighted by atomic mass is 10.0. The lowest BCUT2D eigenvalue weighted by Gasteiger charge is -2.02. The van der Waals surface area contributed by atoms with Crippen LogP contribution < -0.4 is 5.32 Å². The van der Waals surface area contributed by atoms with Gasteiger partial charge in [-0.3, -0.25) is 0 Å². The maximum absolute atomic E-state index is 5.24. The van der Waals surface area contributed by atoms with Gasteiger partial charge < -0.3 is 14.8 Å². The van der Waals surface area contributed by atoms with E-state index in [1.807, 2.05) is 26.8 Å². The Hall–Kier alpha value is -1.82. The second-order valence-corrected chi connectivity index (χ2v) is 5.52. The number of hydrogen-bond donors (Lipinski definition) is 2. The average molecular weight is 335 g/mol. The van der Waals surface area contributed by atoms with E-state index in [9.17, 15) is 0 Å². The molecule has 1 aromatic carbocycles. The molecule has 0 radical (unpaired) electrons. The van der Waals surface area contributed by atoms with Crippen LogP contribution in [-0.4, -0.2) is 21.7 Å². The monoisotopic (exact) mass is 334 g/mol. The van der Waals surface area contributed by atoms with Crippen molar-refractivity contribution >= 4 is 32.9 Å². The number of aromatic amines is 1. The maximum atomic E-state index is 5.24. The maximum Gasteiger partial charge on any atom is 0.201 e. The highest BCUT2D eigenvalue weighted by molar-refractivity contribution is 9.10. The van der Waals surface area contributed by atoms with Crippen LogP contribution in [-0.2, 0) is 0 Å². The van der Waals surface area contributed by atoms with E-state index in [1.54, 1.807) is 0 Å². The first-order valence-corrected chi connectivity index (χ1v) is 7.25. The highest BCUT2D eigenvalue weighted by Gasteiger charge is 2.15. The molecule has 5 nitrogen and oxygen atoms in total. The molecule has 2 heterocycles. The number of hydrogen-bond acceptors (Lipinski definition) is 4. The topological polar surface area (TPSA) is 66.7 Å². The normalized spacial score (nSPS) is 11.2. The lowest BCUT2D eigenvalue weighted by Crippen LogP contribution is -1.97. The number of anilines is 1. The van der Waals surface area contributed by atoms with Gasteiger partial charge in [0.15, 0.2) is 0 Å². The first kappa shape index (κ1) is 13.2. The van der Waals surface area contributed by atoms with Crippen LogP contribution in [0.5, 0.6) is 0 Å². The number of aromatic nitrogens is 3. The zero-order valence-electron chi connectivity index (χ0n) is 11.5. The molecule has 0 spiro atoms. The van der Waals surface area contributed by atoms with Crippen molar-refractivity contribution in [3.8, 4) is 11.1 Å². The van der Waals surface area contributed by atoms with Gasteiger partial charge in [0.1, 0.15) is 11.3 Å². The molecule has 3 aromatic rings. The number of benzene rings is 1. The molecule has 0 aliphatic heterocycles. The summed E-state index contributed by atoms with van der Waals surface area (Å²) in [4.78, 5) is 7.79. The molecular weight excluding hydrogens is 320 g/mol. The molecule has 0 atom stereocenters. The van der Waals surface area contributed by atoms with Gasteiger partial charge in [0.05, 0.1) is 11.2 Å². The van der Waals surface area contributed by atoms with Crippen LogP contribution in [0, 0.1) is 13.8 Å². The van der Waals surface area contributed by atoms with Crippen LogP contribution in [0.1, 0.15) is 18.4 Å². The van der Waals surface area contributed by atoms with Crippen LogP contribution in [0.3, 0.4) is 0 Å². The van der Waals surface area contributed by atoms with Crippen LogP contribution >= 0.6 is 15.9 Å². The molecule has 0 aliphatic rings. The molecule has 2 N–H and O–H groups in total. The highest BCUT2D eigenvalue weighted by Crippen LogP contribution is 2.33. The number of H-pyrrole nitrogens is 1. The summed E-state index contributed by atoms with van der Waals surface area (Å²) >= 11 is 3.59. The molecule has 2 aromatic heterocycles. The Morgan fingerprint density at radius 1 is 1.35 bits per heavy atom. The van der Waals surface area contributed by atoms with Crippen molar-refractivity contribution in [2.75, 3.05) is 11.9 Å². The first-order chi connectivity index (χ1) is 9.60. The second kappa shape index (κ2) is 4.94. The third-order valence-electron chi connectivity index (χ3n) is 3.21. The van der Waals surface area contributed by atoms with E-state index in [0.29, 0.717) is 0 Å². The van der Waals surface area contributed by atoms with Gasteiger partial charge in [-0.15, -0.1) is 0 Å². The summed E-state index contributed by atoms with van der Waals surface area (Å²) in [5.74, 6) is 1.60. The van der Waals surface area contributed by atoms with Gasteiger partial charge in [0.25, 0.3) is 0 Å². The molecule has 0 unspecified atom stereocenters. The van der Waals surface area contributed by atoms with E-state index < -0.39 is 0 Å². The second-order valence-electron chi connectivity index (χ2n) is 4.67. The van der Waals surface area contributed by atoms with E-state index in [1.165, 1.54) is 0 Å². The van der Waals surface area contributed by atoms with Crippen molar-refractivity contribution in [1.82, 2.24) is 15.1 Å². The standard InChI is InChI=1S/C14H15BrN4O/c1-4-16-14-17-11-6-9(5-10(15)13(11)18-14)12-7(2)19-20-8(12)3/h5-6H,4H2,1-3H3,(H2,16,17,18). The largest absolute Gasteiger partial charge is 0.361 e. The number of fused-ring (bicyclic) bond motifs is 1. The van der Waals surface area contributed by atoms with Gasteiger partial charge in [0, 0.05) is 16.6 Å². The van der Waals surface area contributed by atoms with Crippen LogP contribution in [0.25, 0.3) is 22.2 Å². The van der Waals surface area contributed by atoms with Crippen molar-refractivity contribution in [2.24, 2.45) is 0 Å². The number of halogens is 1. The number of nitrogens with one attached hydrogen (secondary N) is 2. The molecule has 3 rings (SSSR count). The van der Waals surface area contributed by atoms with Crippen molar-refractivity contribution in [3.63, 3.8) is 0 Å². The third kappa shape index (κ3) is 2.10. The van der Waals surface area contributed by atoms with Crippen molar-refractivity contribution in [2.45, 2.75) is 20.8 Å². The number of aryl methyl sites for hydroxylation is 2. The zero-order valence-corrected chi connectivity index (χ0v) is 13.1. The van der Waals surface area contributed by atoms with Crippen molar-refractivity contribution in [1.29, 1.82) is 0 Å². The van der Waals surface area contributed by atoms with E-state index in [4.69, 9.17) is 4.52 Å². The molecule has 20 heavy (non-hydrogen) atoms. The summed E-state index contributed by atoms with van der Waals surface area (Å²) in [6.07, 6.45) is 0. The van der Waals surface area contributed by atoms with Crippen molar-refractivity contribution in [3.05, 3.63) is 28.1 Å². The predicted octanol–water partition coefficient (Wildman–Crippen LogP) is 4.03. The SMILES string of the molecule is CCNc1nc2c(Br)cc(-c3c(C)noc3C)cc2[nH]1. The van der Waals surface area contributed by atoms with E-state index in [2.05, 4.69) is 42.4 Å². The summed E-state index contributed by atoms with van der Waals surface area (Å²) < 4.78 is 6.19. The Morgan fingerprint density at radius 3 is 2.80 bits per heavy atom. The summed E-state index contributed by atoms with van der Waals surface area (Å²) in [5.41, 5.74) is 4.88. The smallest absolute Gasteiger partial charge is 0.201 e. The summed E-state index contributed by atoms with van der Waals surface area (Å²) in [6, 6.07) is 4.12. The highest BCUT2D eigenvalue weighted by atomic mass is 79.9. The molecule has 0 fully saturated rings. The van der Waals surface area contributed by atoms with Crippen LogP contribution in [0.15, 0.2) is 21.1 Å². The van der Waals surface area contributed by atoms with Gasteiger partial charge in [-0.05, 0) is 54.4 Å². The molecule has 0 amide bonds. The average Bonchev–Trinajstić information content (AvgIpc) is 2.94. The van der Waals surface area contributed by atoms with E-state index >= 15 is 0 Å². The van der Waals surface area contributed by atoms with Gasteiger partial charge in [0.2, 0.25) is 5.95 Å². The minimum absolute atomic E-state index is 0.777. The Labute approximate surface area is 124 Å². The molecule has 6 heteroatoms. The van der Waals surface area contributed by atoms with Gasteiger partial charge in [-0.2, -0.15) is 0 Å². The molecule has 0 saturated heterocycles. The fourth-order valence-electron chi connectivity index (χ4n) is 2.37. The molecular formula is C14H15BrN4O. The zero-order chi connectivity index (χ0) is 14.3. The van der Waals surface area contributed by atoms with Gasteiger partial charge in [-0.1, -0.05) is 5.16 Å². The minimum atomic E-state index is 0.777. The Kier molecular flexibility index (Phi) is 3.25. The predicted molar refractivity (Wildman–Crippen MR) is 82.9 cm³/mol.